The molecule has 7 heteroatoms. The maximum atomic E-state index is 12.2. The molecule has 1 amide bonds. The van der Waals surface area contributed by atoms with Gasteiger partial charge in [0.1, 0.15) is 0 Å². The van der Waals surface area contributed by atoms with Crippen LogP contribution in [0, 0.1) is 0 Å². The zero-order valence-corrected chi connectivity index (χ0v) is 14.1. The average molecular weight is 354 g/mol. The molecule has 0 spiro atoms. The fraction of sp³-hybridized carbons (Fsp3) is 0.438. The molecule has 0 saturated carbocycles. The molecule has 122 valence electrons. The first-order valence-corrected chi connectivity index (χ1v) is 8.46. The van der Waals surface area contributed by atoms with Crippen LogP contribution >= 0.6 is 23.2 Å². The Morgan fingerprint density at radius 3 is 2.83 bits per heavy atom. The molecule has 2 aromatic rings. The number of benzene rings is 1. The number of rotatable bonds is 2. The van der Waals surface area contributed by atoms with Gasteiger partial charge in [-0.15, -0.1) is 0 Å². The number of carbonyl (C=O) groups excluding carboxylic acids is 1. The summed E-state index contributed by atoms with van der Waals surface area (Å²) in [5.41, 5.74) is 3.76. The molecule has 1 saturated heterocycles. The van der Waals surface area contributed by atoms with E-state index in [1.807, 2.05) is 13.0 Å². The molecule has 4 rings (SSSR count). The highest BCUT2D eigenvalue weighted by molar-refractivity contribution is 6.45. The van der Waals surface area contributed by atoms with E-state index in [9.17, 15) is 4.79 Å². The van der Waals surface area contributed by atoms with Crippen LogP contribution in [0.15, 0.2) is 6.07 Å². The molecule has 1 atom stereocenters. The minimum Gasteiger partial charge on any atom is -0.377 e. The number of amides is 1. The van der Waals surface area contributed by atoms with Crippen LogP contribution in [0.1, 0.15) is 24.1 Å². The van der Waals surface area contributed by atoms with Gasteiger partial charge in [0.25, 0.3) is 0 Å². The Morgan fingerprint density at radius 1 is 1.35 bits per heavy atom. The summed E-state index contributed by atoms with van der Waals surface area (Å²) in [6, 6.07) is 2.10. The summed E-state index contributed by atoms with van der Waals surface area (Å²) in [6.45, 7) is 3.88. The van der Waals surface area contributed by atoms with Crippen molar-refractivity contribution < 1.29 is 9.53 Å². The molecule has 0 bridgehead atoms. The number of anilines is 1. The van der Waals surface area contributed by atoms with Crippen molar-refractivity contribution in [1.29, 1.82) is 0 Å². The minimum absolute atomic E-state index is 0.0358. The molecule has 1 aromatic heterocycles. The van der Waals surface area contributed by atoms with E-state index in [0.29, 0.717) is 29.8 Å². The number of aromatic nitrogens is 1. The normalized spacial score (nSPS) is 21.5. The lowest BCUT2D eigenvalue weighted by Gasteiger charge is -2.28. The molecule has 1 fully saturated rings. The van der Waals surface area contributed by atoms with E-state index in [1.54, 1.807) is 0 Å². The summed E-state index contributed by atoms with van der Waals surface area (Å²) >= 11 is 12.7. The van der Waals surface area contributed by atoms with Gasteiger partial charge >= 0.3 is 0 Å². The Morgan fingerprint density at radius 2 is 2.13 bits per heavy atom. The van der Waals surface area contributed by atoms with Crippen LogP contribution in [0.2, 0.25) is 10.0 Å². The molecule has 2 aliphatic rings. The maximum absolute atomic E-state index is 12.2. The van der Waals surface area contributed by atoms with Crippen molar-refractivity contribution in [3.05, 3.63) is 27.4 Å². The third-order valence-electron chi connectivity index (χ3n) is 4.59. The van der Waals surface area contributed by atoms with E-state index in [-0.39, 0.29) is 17.9 Å². The molecule has 2 aliphatic heterocycles. The smallest absolute Gasteiger partial charge is 0.227 e. The monoisotopic (exact) mass is 353 g/mol. The Kier molecular flexibility index (Phi) is 3.67. The number of fused-ring (bicyclic) bond motifs is 3. The van der Waals surface area contributed by atoms with Gasteiger partial charge in [-0.3, -0.25) is 4.79 Å². The van der Waals surface area contributed by atoms with Gasteiger partial charge in [0.2, 0.25) is 5.91 Å². The fourth-order valence-corrected chi connectivity index (χ4v) is 3.71. The largest absolute Gasteiger partial charge is 0.377 e. The molecule has 1 unspecified atom stereocenters. The Bertz CT molecular complexity index is 798. The van der Waals surface area contributed by atoms with E-state index >= 15 is 0 Å². The lowest BCUT2D eigenvalue weighted by atomic mass is 9.96. The zero-order chi connectivity index (χ0) is 16.1. The van der Waals surface area contributed by atoms with Crippen molar-refractivity contribution in [2.45, 2.75) is 25.3 Å². The van der Waals surface area contributed by atoms with Gasteiger partial charge in [-0.05, 0) is 18.6 Å². The average Bonchev–Trinajstić information content (AvgIpc) is 2.80. The standard InChI is InChI=1S/C16H17Cl2N3O2/c1-7-12-10(2-3-19-16(7)22)21-15-13(12)11(4-9(17)14(15)18)20-8-5-23-6-8/h4,7-8,20-21H,2-3,5-6H2,1H3,(H,19,22). The lowest BCUT2D eigenvalue weighted by Crippen LogP contribution is -2.40. The zero-order valence-electron chi connectivity index (χ0n) is 12.6. The highest BCUT2D eigenvalue weighted by atomic mass is 35.5. The fourth-order valence-electron chi connectivity index (χ4n) is 3.32. The Labute approximate surface area is 143 Å². The van der Waals surface area contributed by atoms with Crippen molar-refractivity contribution in [3.63, 3.8) is 0 Å². The molecule has 5 nitrogen and oxygen atoms in total. The second-order valence-corrected chi connectivity index (χ2v) is 6.91. The number of H-pyrrole nitrogens is 1. The van der Waals surface area contributed by atoms with Gasteiger partial charge in [0, 0.05) is 29.7 Å². The molecule has 23 heavy (non-hydrogen) atoms. The summed E-state index contributed by atoms with van der Waals surface area (Å²) in [4.78, 5) is 15.6. The van der Waals surface area contributed by atoms with Crippen molar-refractivity contribution >= 4 is 45.7 Å². The minimum atomic E-state index is -0.239. The highest BCUT2D eigenvalue weighted by Gasteiger charge is 2.29. The summed E-state index contributed by atoms with van der Waals surface area (Å²) in [6.07, 6.45) is 0.750. The summed E-state index contributed by atoms with van der Waals surface area (Å²) in [5, 5.41) is 8.36. The topological polar surface area (TPSA) is 66.2 Å². The SMILES string of the molecule is CC1C(=O)NCCc2[nH]c3c(Cl)c(Cl)cc(NC4COC4)c3c21. The van der Waals surface area contributed by atoms with Gasteiger partial charge in [0.05, 0.1) is 40.7 Å². The van der Waals surface area contributed by atoms with Crippen molar-refractivity contribution in [2.24, 2.45) is 0 Å². The Balaban J connectivity index is 1.95. The highest BCUT2D eigenvalue weighted by Crippen LogP contribution is 2.42. The lowest BCUT2D eigenvalue weighted by molar-refractivity contribution is -0.121. The summed E-state index contributed by atoms with van der Waals surface area (Å²) in [7, 11) is 0. The summed E-state index contributed by atoms with van der Waals surface area (Å²) in [5.74, 6) is -0.203. The van der Waals surface area contributed by atoms with E-state index in [2.05, 4.69) is 15.6 Å². The van der Waals surface area contributed by atoms with Crippen LogP contribution in [0.25, 0.3) is 10.9 Å². The van der Waals surface area contributed by atoms with Crippen LogP contribution in [0.4, 0.5) is 5.69 Å². The van der Waals surface area contributed by atoms with Crippen molar-refractivity contribution in [1.82, 2.24) is 10.3 Å². The number of nitrogens with one attached hydrogen (secondary N) is 3. The number of carbonyl (C=O) groups is 1. The number of aromatic amines is 1. The van der Waals surface area contributed by atoms with E-state index in [4.69, 9.17) is 27.9 Å². The van der Waals surface area contributed by atoms with Crippen molar-refractivity contribution in [2.75, 3.05) is 25.1 Å². The van der Waals surface area contributed by atoms with E-state index in [0.717, 1.165) is 34.3 Å². The number of ether oxygens (including phenoxy) is 1. The van der Waals surface area contributed by atoms with Crippen molar-refractivity contribution in [3.8, 4) is 0 Å². The quantitative estimate of drug-likeness (QED) is 0.777. The van der Waals surface area contributed by atoms with Crippen LogP contribution in [-0.4, -0.2) is 36.7 Å². The van der Waals surface area contributed by atoms with Crippen LogP contribution in [0.5, 0.6) is 0 Å². The van der Waals surface area contributed by atoms with Crippen LogP contribution in [-0.2, 0) is 16.0 Å². The van der Waals surface area contributed by atoms with E-state index in [1.165, 1.54) is 0 Å². The molecule has 3 heterocycles. The maximum Gasteiger partial charge on any atom is 0.227 e. The first kappa shape index (κ1) is 15.1. The second kappa shape index (κ2) is 5.58. The molecular weight excluding hydrogens is 337 g/mol. The van der Waals surface area contributed by atoms with Gasteiger partial charge in [-0.2, -0.15) is 0 Å². The molecule has 1 aromatic carbocycles. The molecule has 0 radical (unpaired) electrons. The first-order chi connectivity index (χ1) is 11.1. The van der Waals surface area contributed by atoms with E-state index < -0.39 is 0 Å². The molecule has 3 N–H and O–H groups in total. The van der Waals surface area contributed by atoms with Gasteiger partial charge < -0.3 is 20.4 Å². The predicted octanol–water partition coefficient (Wildman–Crippen LogP) is 3.06. The Hall–Kier alpha value is -1.43. The molecule has 0 aliphatic carbocycles. The van der Waals surface area contributed by atoms with Gasteiger partial charge in [-0.25, -0.2) is 0 Å². The van der Waals surface area contributed by atoms with Crippen LogP contribution in [0.3, 0.4) is 0 Å². The molecular formula is C16H17Cl2N3O2. The summed E-state index contributed by atoms with van der Waals surface area (Å²) < 4.78 is 5.23. The number of halogens is 2. The number of hydrogen-bond donors (Lipinski definition) is 3. The van der Waals surface area contributed by atoms with Crippen LogP contribution < -0.4 is 10.6 Å². The third-order valence-corrected chi connectivity index (χ3v) is 5.38. The first-order valence-electron chi connectivity index (χ1n) is 7.70. The van der Waals surface area contributed by atoms with Gasteiger partial charge in [0.15, 0.2) is 0 Å². The number of hydrogen-bond acceptors (Lipinski definition) is 3. The predicted molar refractivity (Wildman–Crippen MR) is 91.7 cm³/mol. The van der Waals surface area contributed by atoms with Gasteiger partial charge in [-0.1, -0.05) is 23.2 Å². The third kappa shape index (κ3) is 2.38. The second-order valence-electron chi connectivity index (χ2n) is 6.13.